The fraction of sp³-hybridized carbons (Fsp3) is 0.357. The first-order valence-electron chi connectivity index (χ1n) is 6.58. The molecule has 5 nitrogen and oxygen atoms in total. The monoisotopic (exact) mass is 322 g/mol. The Balaban J connectivity index is 1.92. The summed E-state index contributed by atoms with van der Waals surface area (Å²) < 4.78 is 1.65. The number of thioether (sulfide) groups is 1. The minimum absolute atomic E-state index is 0.0966. The van der Waals surface area contributed by atoms with E-state index < -0.39 is 0 Å². The van der Waals surface area contributed by atoms with Crippen molar-refractivity contribution in [1.82, 2.24) is 19.7 Å². The smallest absolute Gasteiger partial charge is 0.234 e. The van der Waals surface area contributed by atoms with Gasteiger partial charge in [0.1, 0.15) is 10.5 Å². The van der Waals surface area contributed by atoms with Gasteiger partial charge in [-0.2, -0.15) is 5.10 Å². The minimum Gasteiger partial charge on any atom is -0.320 e. The van der Waals surface area contributed by atoms with E-state index in [1.807, 2.05) is 37.1 Å². The predicted molar refractivity (Wildman–Crippen MR) is 82.9 cm³/mol. The second-order valence-electron chi connectivity index (χ2n) is 4.92. The lowest BCUT2D eigenvalue weighted by Crippen LogP contribution is -2.28. The van der Waals surface area contributed by atoms with E-state index in [4.69, 9.17) is 11.6 Å². The van der Waals surface area contributed by atoms with Gasteiger partial charge in [0, 0.05) is 18.8 Å². The number of nitrogens with zero attached hydrogens (tertiary/aromatic N) is 4. The zero-order chi connectivity index (χ0) is 15.0. The van der Waals surface area contributed by atoms with E-state index in [0.717, 1.165) is 17.0 Å². The highest BCUT2D eigenvalue weighted by atomic mass is 35.5. The van der Waals surface area contributed by atoms with Crippen LogP contribution >= 0.6 is 23.4 Å². The molecule has 1 unspecified atom stereocenters. The van der Waals surface area contributed by atoms with Crippen molar-refractivity contribution in [3.05, 3.63) is 46.5 Å². The third-order valence-electron chi connectivity index (χ3n) is 3.47. The van der Waals surface area contributed by atoms with Gasteiger partial charge in [-0.05, 0) is 19.1 Å². The lowest BCUT2D eigenvalue weighted by Gasteiger charge is -2.23. The average molecular weight is 323 g/mol. The number of amides is 1. The molecule has 0 aromatic carbocycles. The van der Waals surface area contributed by atoms with Crippen molar-refractivity contribution < 1.29 is 4.79 Å². The molecule has 0 N–H and O–H groups in total. The summed E-state index contributed by atoms with van der Waals surface area (Å²) in [5.74, 6) is 0.567. The normalized spacial score (nSPS) is 18.5. The maximum absolute atomic E-state index is 12.2. The molecule has 110 valence electrons. The van der Waals surface area contributed by atoms with Gasteiger partial charge in [-0.3, -0.25) is 14.5 Å². The number of rotatable bonds is 3. The minimum atomic E-state index is -0.0966. The number of pyridine rings is 1. The zero-order valence-corrected chi connectivity index (χ0v) is 13.4. The van der Waals surface area contributed by atoms with Gasteiger partial charge in [-0.1, -0.05) is 17.7 Å². The number of carbonyl (C=O) groups excluding carboxylic acids is 1. The van der Waals surface area contributed by atoms with Crippen LogP contribution in [0.1, 0.15) is 22.3 Å². The molecule has 1 aliphatic rings. The first-order valence-corrected chi connectivity index (χ1v) is 8.00. The number of aryl methyl sites for hydroxylation is 2. The third kappa shape index (κ3) is 2.65. The molecular formula is C14H15ClN4OS. The van der Waals surface area contributed by atoms with Crippen LogP contribution < -0.4 is 0 Å². The maximum atomic E-state index is 12.2. The summed E-state index contributed by atoms with van der Waals surface area (Å²) in [7, 11) is 1.81. The molecule has 0 spiro atoms. The highest BCUT2D eigenvalue weighted by Crippen LogP contribution is 2.43. The van der Waals surface area contributed by atoms with Gasteiger partial charge < -0.3 is 4.90 Å². The fourth-order valence-corrected chi connectivity index (χ4v) is 4.09. The molecule has 2 aromatic heterocycles. The average Bonchev–Trinajstić information content (AvgIpc) is 2.93. The Bertz CT molecular complexity index is 673. The van der Waals surface area contributed by atoms with Crippen molar-refractivity contribution in [3.63, 3.8) is 0 Å². The van der Waals surface area contributed by atoms with E-state index in [9.17, 15) is 4.79 Å². The van der Waals surface area contributed by atoms with Crippen molar-refractivity contribution in [2.24, 2.45) is 7.05 Å². The number of hydrogen-bond acceptors (Lipinski definition) is 4. The van der Waals surface area contributed by atoms with E-state index in [1.54, 1.807) is 22.6 Å². The summed E-state index contributed by atoms with van der Waals surface area (Å²) in [6, 6.07) is 5.71. The van der Waals surface area contributed by atoms with Crippen LogP contribution in [-0.4, -0.2) is 31.3 Å². The fourth-order valence-electron chi connectivity index (χ4n) is 2.46. The number of carbonyl (C=O) groups is 1. The van der Waals surface area contributed by atoms with Gasteiger partial charge in [0.25, 0.3) is 0 Å². The van der Waals surface area contributed by atoms with Crippen LogP contribution in [0.25, 0.3) is 0 Å². The van der Waals surface area contributed by atoms with Gasteiger partial charge in [0.05, 0.1) is 23.7 Å². The number of halogens is 1. The van der Waals surface area contributed by atoms with Gasteiger partial charge in [-0.15, -0.1) is 11.8 Å². The molecule has 21 heavy (non-hydrogen) atoms. The van der Waals surface area contributed by atoms with E-state index in [1.165, 1.54) is 0 Å². The lowest BCUT2D eigenvalue weighted by atomic mass is 10.2. The number of hydrogen-bond donors (Lipinski definition) is 0. The van der Waals surface area contributed by atoms with Crippen LogP contribution in [-0.2, 0) is 18.4 Å². The van der Waals surface area contributed by atoms with Gasteiger partial charge >= 0.3 is 0 Å². The van der Waals surface area contributed by atoms with Crippen molar-refractivity contribution >= 4 is 29.3 Å². The van der Waals surface area contributed by atoms with Crippen LogP contribution in [0.3, 0.4) is 0 Å². The summed E-state index contributed by atoms with van der Waals surface area (Å²) in [5, 5.41) is 4.83. The summed E-state index contributed by atoms with van der Waals surface area (Å²) >= 11 is 7.93. The SMILES string of the molecule is Cc1nn(C)c(Cl)c1C1SCC(=O)N1Cc1ccccn1. The third-order valence-corrected chi connectivity index (χ3v) is 5.14. The molecule has 0 bridgehead atoms. The summed E-state index contributed by atoms with van der Waals surface area (Å²) in [5.41, 5.74) is 2.66. The predicted octanol–water partition coefficient (Wildman–Crippen LogP) is 2.55. The van der Waals surface area contributed by atoms with Crippen molar-refractivity contribution in [1.29, 1.82) is 0 Å². The molecule has 1 amide bonds. The summed E-state index contributed by atoms with van der Waals surface area (Å²) in [6.07, 6.45) is 1.74. The van der Waals surface area contributed by atoms with Gasteiger partial charge in [0.2, 0.25) is 5.91 Å². The molecule has 1 saturated heterocycles. The lowest BCUT2D eigenvalue weighted by molar-refractivity contribution is -0.128. The molecule has 3 rings (SSSR count). The summed E-state index contributed by atoms with van der Waals surface area (Å²) in [6.45, 7) is 2.41. The Morgan fingerprint density at radius 3 is 2.90 bits per heavy atom. The Morgan fingerprint density at radius 2 is 2.29 bits per heavy atom. The van der Waals surface area contributed by atoms with E-state index >= 15 is 0 Å². The Kier molecular flexibility index (Phi) is 3.91. The molecule has 7 heteroatoms. The van der Waals surface area contributed by atoms with E-state index in [2.05, 4.69) is 10.1 Å². The Morgan fingerprint density at radius 1 is 1.48 bits per heavy atom. The van der Waals surface area contributed by atoms with Crippen LogP contribution in [0, 0.1) is 6.92 Å². The first kappa shape index (κ1) is 14.4. The quantitative estimate of drug-likeness (QED) is 0.871. The summed E-state index contributed by atoms with van der Waals surface area (Å²) in [4.78, 5) is 18.3. The molecule has 1 fully saturated rings. The second kappa shape index (κ2) is 5.69. The Labute approximate surface area is 132 Å². The standard InChI is InChI=1S/C14H15ClN4OS/c1-9-12(13(15)18(2)17-9)14-19(11(20)8-21-14)7-10-5-3-4-6-16-10/h3-6,14H,7-8H2,1-2H3. The highest BCUT2D eigenvalue weighted by Gasteiger charge is 2.36. The van der Waals surface area contributed by atoms with Crippen LogP contribution in [0.2, 0.25) is 5.15 Å². The highest BCUT2D eigenvalue weighted by molar-refractivity contribution is 8.00. The van der Waals surface area contributed by atoms with Crippen molar-refractivity contribution in [2.75, 3.05) is 5.75 Å². The van der Waals surface area contributed by atoms with Gasteiger partial charge in [-0.25, -0.2) is 0 Å². The molecule has 2 aromatic rings. The largest absolute Gasteiger partial charge is 0.320 e. The van der Waals surface area contributed by atoms with Crippen LogP contribution in [0.15, 0.2) is 24.4 Å². The Hall–Kier alpha value is -1.53. The second-order valence-corrected chi connectivity index (χ2v) is 6.35. The molecule has 1 atom stereocenters. The molecule has 0 saturated carbocycles. The van der Waals surface area contributed by atoms with Crippen molar-refractivity contribution in [3.8, 4) is 0 Å². The maximum Gasteiger partial charge on any atom is 0.234 e. The molecule has 0 aliphatic carbocycles. The molecule has 1 aliphatic heterocycles. The van der Waals surface area contributed by atoms with E-state index in [-0.39, 0.29) is 11.3 Å². The first-order chi connectivity index (χ1) is 10.1. The molecule has 0 radical (unpaired) electrons. The van der Waals surface area contributed by atoms with Crippen LogP contribution in [0.4, 0.5) is 0 Å². The molecule has 3 heterocycles. The van der Waals surface area contributed by atoms with Crippen molar-refractivity contribution in [2.45, 2.75) is 18.8 Å². The van der Waals surface area contributed by atoms with Crippen LogP contribution in [0.5, 0.6) is 0 Å². The number of aromatic nitrogens is 3. The zero-order valence-electron chi connectivity index (χ0n) is 11.8. The van der Waals surface area contributed by atoms with Gasteiger partial charge in [0.15, 0.2) is 0 Å². The van der Waals surface area contributed by atoms with E-state index in [0.29, 0.717) is 17.5 Å². The molecular weight excluding hydrogens is 308 g/mol. The topological polar surface area (TPSA) is 51.0 Å².